The molecule has 1 heterocycles. The standard InChI is InChI=1S/C48H37NO/c1-47(2)40-19-8-5-15-34(40)36-25-24-33(29-42(36)47)49(43-21-12-18-38-35-16-6-9-20-41(35)48(3,4)46(38)43)32-14-11-13-30(27-32)31-23-26-45-39(28-31)37-17-7-10-22-44(37)50-45/h5-29H,1-4H3. The molecule has 0 spiro atoms. The van der Waals surface area contributed by atoms with Gasteiger partial charge >= 0.3 is 0 Å². The fraction of sp³-hybridized carbons (Fsp3) is 0.125. The lowest BCUT2D eigenvalue weighted by Gasteiger charge is -2.33. The van der Waals surface area contributed by atoms with Crippen LogP contribution < -0.4 is 4.90 Å². The summed E-state index contributed by atoms with van der Waals surface area (Å²) < 4.78 is 6.18. The van der Waals surface area contributed by atoms with Crippen molar-refractivity contribution in [1.82, 2.24) is 0 Å². The van der Waals surface area contributed by atoms with E-state index in [1.165, 1.54) is 67.0 Å². The molecule has 0 bridgehead atoms. The number of hydrogen-bond donors (Lipinski definition) is 0. The number of nitrogens with zero attached hydrogens (tertiary/aromatic N) is 1. The Kier molecular flexibility index (Phi) is 6.01. The van der Waals surface area contributed by atoms with Gasteiger partial charge in [0.25, 0.3) is 0 Å². The van der Waals surface area contributed by atoms with Crippen LogP contribution in [0.5, 0.6) is 0 Å². The fourth-order valence-electron chi connectivity index (χ4n) is 8.99. The van der Waals surface area contributed by atoms with Gasteiger partial charge in [0, 0.05) is 33.0 Å². The zero-order valence-electron chi connectivity index (χ0n) is 28.8. The van der Waals surface area contributed by atoms with Crippen LogP contribution >= 0.6 is 0 Å². The van der Waals surface area contributed by atoms with Crippen molar-refractivity contribution in [1.29, 1.82) is 0 Å². The number of anilines is 3. The van der Waals surface area contributed by atoms with Gasteiger partial charge in [0.1, 0.15) is 11.2 Å². The summed E-state index contributed by atoms with van der Waals surface area (Å²) in [6.07, 6.45) is 0. The molecule has 0 unspecified atom stereocenters. The van der Waals surface area contributed by atoms with Crippen molar-refractivity contribution in [3.05, 3.63) is 174 Å². The minimum absolute atomic E-state index is 0.105. The van der Waals surface area contributed by atoms with Crippen molar-refractivity contribution in [2.24, 2.45) is 0 Å². The minimum atomic E-state index is -0.169. The summed E-state index contributed by atoms with van der Waals surface area (Å²) in [5.74, 6) is 0. The Balaban J connectivity index is 1.19. The van der Waals surface area contributed by atoms with E-state index in [1.807, 2.05) is 12.1 Å². The molecule has 0 saturated heterocycles. The Morgan fingerprint density at radius 1 is 0.420 bits per heavy atom. The first-order chi connectivity index (χ1) is 24.3. The van der Waals surface area contributed by atoms with E-state index < -0.39 is 0 Å². The third kappa shape index (κ3) is 4.02. The molecule has 0 radical (unpaired) electrons. The van der Waals surface area contributed by atoms with Gasteiger partial charge in [-0.05, 0) is 104 Å². The fourth-order valence-corrected chi connectivity index (χ4v) is 8.99. The summed E-state index contributed by atoms with van der Waals surface area (Å²) in [4.78, 5) is 2.50. The van der Waals surface area contributed by atoms with Crippen LogP contribution in [-0.4, -0.2) is 0 Å². The van der Waals surface area contributed by atoms with E-state index in [1.54, 1.807) is 0 Å². The molecule has 0 aliphatic heterocycles. The van der Waals surface area contributed by atoms with Crippen molar-refractivity contribution in [3.8, 4) is 33.4 Å². The van der Waals surface area contributed by atoms with E-state index in [0.717, 1.165) is 27.6 Å². The van der Waals surface area contributed by atoms with Gasteiger partial charge in [-0.1, -0.05) is 131 Å². The molecule has 7 aromatic carbocycles. The molecule has 2 heteroatoms. The molecule has 240 valence electrons. The quantitative estimate of drug-likeness (QED) is 0.190. The Labute approximate surface area is 293 Å². The predicted octanol–water partition coefficient (Wildman–Crippen LogP) is 13.3. The van der Waals surface area contributed by atoms with Crippen LogP contribution in [0.15, 0.2) is 156 Å². The molecule has 2 aliphatic carbocycles. The Hall–Kier alpha value is -5.86. The van der Waals surface area contributed by atoms with Crippen molar-refractivity contribution in [2.75, 3.05) is 4.90 Å². The average Bonchev–Trinajstić information content (AvgIpc) is 3.72. The summed E-state index contributed by atoms with van der Waals surface area (Å²) in [6.45, 7) is 9.48. The number of hydrogen-bond acceptors (Lipinski definition) is 2. The molecule has 0 atom stereocenters. The largest absolute Gasteiger partial charge is 0.456 e. The van der Waals surface area contributed by atoms with Gasteiger partial charge in [-0.15, -0.1) is 0 Å². The molecule has 0 N–H and O–H groups in total. The van der Waals surface area contributed by atoms with E-state index in [4.69, 9.17) is 4.42 Å². The summed E-state index contributed by atoms with van der Waals surface area (Å²) >= 11 is 0. The normalized spacial score (nSPS) is 14.7. The van der Waals surface area contributed by atoms with E-state index in [-0.39, 0.29) is 10.8 Å². The van der Waals surface area contributed by atoms with Crippen LogP contribution in [0.4, 0.5) is 17.1 Å². The maximum absolute atomic E-state index is 6.18. The Morgan fingerprint density at radius 2 is 1.04 bits per heavy atom. The van der Waals surface area contributed by atoms with Gasteiger partial charge in [-0.3, -0.25) is 0 Å². The van der Waals surface area contributed by atoms with E-state index in [2.05, 4.69) is 172 Å². The van der Waals surface area contributed by atoms with Crippen LogP contribution in [0.1, 0.15) is 49.9 Å². The molecule has 8 aromatic rings. The van der Waals surface area contributed by atoms with E-state index in [0.29, 0.717) is 0 Å². The van der Waals surface area contributed by atoms with Crippen molar-refractivity contribution in [2.45, 2.75) is 38.5 Å². The lowest BCUT2D eigenvalue weighted by Crippen LogP contribution is -2.21. The second kappa shape index (κ2) is 10.3. The lowest BCUT2D eigenvalue weighted by molar-refractivity contribution is 0.658. The first-order valence-electron chi connectivity index (χ1n) is 17.6. The smallest absolute Gasteiger partial charge is 0.135 e. The Bertz CT molecular complexity index is 2670. The van der Waals surface area contributed by atoms with Crippen molar-refractivity contribution >= 4 is 39.0 Å². The zero-order valence-corrected chi connectivity index (χ0v) is 28.8. The van der Waals surface area contributed by atoms with Crippen molar-refractivity contribution < 1.29 is 4.42 Å². The predicted molar refractivity (Wildman–Crippen MR) is 209 cm³/mol. The first-order valence-corrected chi connectivity index (χ1v) is 17.6. The number of para-hydroxylation sites is 1. The topological polar surface area (TPSA) is 16.4 Å². The molecule has 10 rings (SSSR count). The molecule has 50 heavy (non-hydrogen) atoms. The summed E-state index contributed by atoms with van der Waals surface area (Å²) in [7, 11) is 0. The average molecular weight is 644 g/mol. The maximum Gasteiger partial charge on any atom is 0.135 e. The lowest BCUT2D eigenvalue weighted by atomic mass is 9.81. The molecule has 1 aromatic heterocycles. The van der Waals surface area contributed by atoms with E-state index in [9.17, 15) is 0 Å². The van der Waals surface area contributed by atoms with Gasteiger partial charge in [0.15, 0.2) is 0 Å². The second-order valence-electron chi connectivity index (χ2n) is 15.0. The summed E-state index contributed by atoms with van der Waals surface area (Å²) in [6, 6.07) is 55.7. The highest BCUT2D eigenvalue weighted by Gasteiger charge is 2.40. The monoisotopic (exact) mass is 643 g/mol. The number of rotatable bonds is 4. The third-order valence-corrected chi connectivity index (χ3v) is 11.4. The molecule has 0 fully saturated rings. The van der Waals surface area contributed by atoms with Gasteiger partial charge in [0.2, 0.25) is 0 Å². The highest BCUT2D eigenvalue weighted by Crippen LogP contribution is 2.55. The van der Waals surface area contributed by atoms with Gasteiger partial charge in [-0.2, -0.15) is 0 Å². The van der Waals surface area contributed by atoms with E-state index >= 15 is 0 Å². The first kappa shape index (κ1) is 29.1. The van der Waals surface area contributed by atoms with Crippen LogP contribution in [0.25, 0.3) is 55.3 Å². The number of furan rings is 1. The molecule has 2 aliphatic rings. The highest BCUT2D eigenvalue weighted by atomic mass is 16.3. The van der Waals surface area contributed by atoms with Crippen molar-refractivity contribution in [3.63, 3.8) is 0 Å². The molecule has 0 saturated carbocycles. The van der Waals surface area contributed by atoms with Gasteiger partial charge in [-0.25, -0.2) is 0 Å². The molecular formula is C48H37NO. The molecule has 0 amide bonds. The van der Waals surface area contributed by atoms with Crippen LogP contribution in [0, 0.1) is 0 Å². The van der Waals surface area contributed by atoms with Crippen LogP contribution in [0.2, 0.25) is 0 Å². The molecule has 2 nitrogen and oxygen atoms in total. The van der Waals surface area contributed by atoms with Crippen LogP contribution in [-0.2, 0) is 10.8 Å². The highest BCUT2D eigenvalue weighted by molar-refractivity contribution is 6.06. The Morgan fingerprint density at radius 3 is 1.88 bits per heavy atom. The third-order valence-electron chi connectivity index (χ3n) is 11.4. The molecular weight excluding hydrogens is 607 g/mol. The van der Waals surface area contributed by atoms with Gasteiger partial charge < -0.3 is 9.32 Å². The summed E-state index contributed by atoms with van der Waals surface area (Å²) in [5.41, 5.74) is 18.2. The number of fused-ring (bicyclic) bond motifs is 9. The maximum atomic E-state index is 6.18. The van der Waals surface area contributed by atoms with Crippen LogP contribution in [0.3, 0.4) is 0 Å². The summed E-state index contributed by atoms with van der Waals surface area (Å²) in [5, 5.41) is 2.28. The number of benzene rings is 7. The second-order valence-corrected chi connectivity index (χ2v) is 15.0. The zero-order chi connectivity index (χ0) is 33.8. The van der Waals surface area contributed by atoms with Gasteiger partial charge in [0.05, 0.1) is 5.69 Å². The minimum Gasteiger partial charge on any atom is -0.456 e. The SMILES string of the molecule is CC1(C)c2ccccc2-c2ccc(N(c3cccc(-c4ccc5oc6ccccc6c5c4)c3)c3cccc4c3C(C)(C)c3ccccc3-4)cc21.